The van der Waals surface area contributed by atoms with Crippen LogP contribution in [0.3, 0.4) is 0 Å². The van der Waals surface area contributed by atoms with Crippen molar-refractivity contribution in [1.82, 2.24) is 9.88 Å². The van der Waals surface area contributed by atoms with Crippen LogP contribution in [-0.2, 0) is 43.2 Å². The summed E-state index contributed by atoms with van der Waals surface area (Å²) in [5, 5.41) is 0.944. The van der Waals surface area contributed by atoms with Gasteiger partial charge in [0.25, 0.3) is 5.91 Å². The minimum Gasteiger partial charge on any atom is -0.467 e. The number of esters is 2. The molecule has 4 rings (SSSR count). The first-order valence-corrected chi connectivity index (χ1v) is 9.71. The van der Waals surface area contributed by atoms with Gasteiger partial charge in [0, 0.05) is 30.1 Å². The number of aromatic nitrogens is 1. The molecular formula is C23H22N2O5. The number of carbonyl (C=O) groups is 3. The van der Waals surface area contributed by atoms with Gasteiger partial charge in [-0.1, -0.05) is 42.5 Å². The van der Waals surface area contributed by atoms with E-state index in [2.05, 4.69) is 4.98 Å². The molecule has 3 aromatic rings. The van der Waals surface area contributed by atoms with Crippen LogP contribution in [0.1, 0.15) is 16.7 Å². The lowest BCUT2D eigenvalue weighted by Gasteiger charge is -2.35. The molecule has 7 nitrogen and oxygen atoms in total. The normalized spacial score (nSPS) is 15.5. The van der Waals surface area contributed by atoms with Gasteiger partial charge in [-0.15, -0.1) is 0 Å². The van der Waals surface area contributed by atoms with Crippen LogP contribution in [0.25, 0.3) is 10.9 Å². The van der Waals surface area contributed by atoms with Crippen LogP contribution in [-0.4, -0.2) is 47.5 Å². The first-order chi connectivity index (χ1) is 14.6. The highest BCUT2D eigenvalue weighted by Gasteiger charge is 2.35. The van der Waals surface area contributed by atoms with Crippen LogP contribution in [0.15, 0.2) is 54.7 Å². The Kier molecular flexibility index (Phi) is 5.52. The molecule has 0 aliphatic carbocycles. The highest BCUT2D eigenvalue weighted by molar-refractivity contribution is 5.89. The zero-order valence-corrected chi connectivity index (χ0v) is 16.6. The first-order valence-electron chi connectivity index (χ1n) is 9.71. The quantitative estimate of drug-likeness (QED) is 0.657. The average Bonchev–Trinajstić information content (AvgIpc) is 3.18. The molecule has 7 heteroatoms. The monoisotopic (exact) mass is 406 g/mol. The standard InChI is InChI=1S/C23H22N2O5/c1-29-23(28)20-10-15-6-2-3-7-16(15)13-25(20)21(26)14-30-22(27)11-17-12-24-19-9-5-4-8-18(17)19/h2-9,12,20,24H,10-11,13-14H2,1H3/t20-/m1/s1. The summed E-state index contributed by atoms with van der Waals surface area (Å²) in [4.78, 5) is 41.9. The van der Waals surface area contributed by atoms with E-state index in [1.54, 1.807) is 6.20 Å². The second kappa shape index (κ2) is 8.41. The van der Waals surface area contributed by atoms with E-state index in [0.29, 0.717) is 6.42 Å². The summed E-state index contributed by atoms with van der Waals surface area (Å²) in [6, 6.07) is 14.6. The second-order valence-electron chi connectivity index (χ2n) is 7.23. The van der Waals surface area contributed by atoms with Crippen molar-refractivity contribution >= 4 is 28.7 Å². The fourth-order valence-corrected chi connectivity index (χ4v) is 3.84. The molecule has 0 unspecified atom stereocenters. The maximum atomic E-state index is 12.8. The van der Waals surface area contributed by atoms with E-state index in [0.717, 1.165) is 27.6 Å². The number of rotatable bonds is 5. The Labute approximate surface area is 173 Å². The number of hydrogen-bond acceptors (Lipinski definition) is 5. The number of aromatic amines is 1. The Hall–Kier alpha value is -3.61. The van der Waals surface area contributed by atoms with Crippen molar-refractivity contribution in [2.45, 2.75) is 25.4 Å². The Balaban J connectivity index is 1.42. The summed E-state index contributed by atoms with van der Waals surface area (Å²) in [5.41, 5.74) is 3.72. The number of methoxy groups -OCH3 is 1. The Bertz CT molecular complexity index is 1100. The van der Waals surface area contributed by atoms with Gasteiger partial charge >= 0.3 is 11.9 Å². The van der Waals surface area contributed by atoms with Crippen molar-refractivity contribution in [1.29, 1.82) is 0 Å². The molecule has 0 radical (unpaired) electrons. The second-order valence-corrected chi connectivity index (χ2v) is 7.23. The van der Waals surface area contributed by atoms with Crippen LogP contribution in [0.4, 0.5) is 0 Å². The van der Waals surface area contributed by atoms with Crippen molar-refractivity contribution in [2.24, 2.45) is 0 Å². The zero-order chi connectivity index (χ0) is 21.1. The van der Waals surface area contributed by atoms with Crippen molar-refractivity contribution in [3.63, 3.8) is 0 Å². The molecule has 1 N–H and O–H groups in total. The van der Waals surface area contributed by atoms with Crippen LogP contribution < -0.4 is 0 Å². The molecular weight excluding hydrogens is 384 g/mol. The highest BCUT2D eigenvalue weighted by Crippen LogP contribution is 2.24. The molecule has 1 aromatic heterocycles. The number of H-pyrrole nitrogens is 1. The van der Waals surface area contributed by atoms with Gasteiger partial charge in [0.15, 0.2) is 6.61 Å². The third-order valence-electron chi connectivity index (χ3n) is 5.41. The van der Waals surface area contributed by atoms with Crippen molar-refractivity contribution in [3.05, 3.63) is 71.4 Å². The number of benzene rings is 2. The van der Waals surface area contributed by atoms with E-state index in [9.17, 15) is 14.4 Å². The smallest absolute Gasteiger partial charge is 0.328 e. The summed E-state index contributed by atoms with van der Waals surface area (Å²) in [5.74, 6) is -1.41. The fourth-order valence-electron chi connectivity index (χ4n) is 3.84. The lowest BCUT2D eigenvalue weighted by atomic mass is 9.94. The molecule has 0 bridgehead atoms. The van der Waals surface area contributed by atoms with Crippen LogP contribution in [0.2, 0.25) is 0 Å². The van der Waals surface area contributed by atoms with Gasteiger partial charge in [-0.2, -0.15) is 0 Å². The Morgan fingerprint density at radius 2 is 1.80 bits per heavy atom. The molecule has 30 heavy (non-hydrogen) atoms. The Morgan fingerprint density at radius 1 is 1.07 bits per heavy atom. The molecule has 1 aliphatic rings. The average molecular weight is 406 g/mol. The first kappa shape index (κ1) is 19.7. The molecule has 154 valence electrons. The Morgan fingerprint density at radius 3 is 2.60 bits per heavy atom. The minimum absolute atomic E-state index is 0.0561. The SMILES string of the molecule is COC(=O)[C@H]1Cc2ccccc2CN1C(=O)COC(=O)Cc1c[nH]c2ccccc12. The molecule has 1 atom stereocenters. The number of carbonyl (C=O) groups excluding carboxylic acids is 3. The van der Waals surface area contributed by atoms with E-state index in [1.165, 1.54) is 12.0 Å². The lowest BCUT2D eigenvalue weighted by molar-refractivity contribution is -0.159. The van der Waals surface area contributed by atoms with Crippen LogP contribution >= 0.6 is 0 Å². The molecule has 0 saturated heterocycles. The van der Waals surface area contributed by atoms with Gasteiger partial charge in [0.05, 0.1) is 13.5 Å². The van der Waals surface area contributed by atoms with Gasteiger partial charge in [-0.05, 0) is 22.8 Å². The zero-order valence-electron chi connectivity index (χ0n) is 16.6. The van der Waals surface area contributed by atoms with E-state index >= 15 is 0 Å². The summed E-state index contributed by atoms with van der Waals surface area (Å²) in [7, 11) is 1.30. The highest BCUT2D eigenvalue weighted by atomic mass is 16.5. The predicted molar refractivity (Wildman–Crippen MR) is 109 cm³/mol. The van der Waals surface area contributed by atoms with Crippen LogP contribution in [0.5, 0.6) is 0 Å². The molecule has 1 amide bonds. The van der Waals surface area contributed by atoms with E-state index in [-0.39, 0.29) is 13.0 Å². The van der Waals surface area contributed by atoms with E-state index in [1.807, 2.05) is 48.5 Å². The minimum atomic E-state index is -0.732. The van der Waals surface area contributed by atoms with Gasteiger partial charge in [0.1, 0.15) is 6.04 Å². The maximum Gasteiger partial charge on any atom is 0.328 e. The molecule has 2 aromatic carbocycles. The number of hydrogen-bond donors (Lipinski definition) is 1. The summed E-state index contributed by atoms with van der Waals surface area (Å²) in [6.45, 7) is -0.147. The number of ether oxygens (including phenoxy) is 2. The molecule has 1 aliphatic heterocycles. The van der Waals surface area contributed by atoms with Gasteiger partial charge in [0.2, 0.25) is 0 Å². The van der Waals surface area contributed by atoms with E-state index in [4.69, 9.17) is 9.47 Å². The van der Waals surface area contributed by atoms with E-state index < -0.39 is 30.5 Å². The molecule has 2 heterocycles. The number of fused-ring (bicyclic) bond motifs is 2. The maximum absolute atomic E-state index is 12.8. The molecule has 0 spiro atoms. The summed E-state index contributed by atoms with van der Waals surface area (Å²) in [6.07, 6.45) is 2.20. The van der Waals surface area contributed by atoms with Gasteiger partial charge in [-0.25, -0.2) is 4.79 Å². The van der Waals surface area contributed by atoms with Crippen molar-refractivity contribution in [3.8, 4) is 0 Å². The summed E-state index contributed by atoms with van der Waals surface area (Å²) < 4.78 is 10.1. The van der Waals surface area contributed by atoms with Gasteiger partial charge in [-0.3, -0.25) is 9.59 Å². The fraction of sp³-hybridized carbons (Fsp3) is 0.261. The third-order valence-corrected chi connectivity index (χ3v) is 5.41. The summed E-state index contributed by atoms with van der Waals surface area (Å²) >= 11 is 0. The van der Waals surface area contributed by atoms with Gasteiger partial charge < -0.3 is 19.4 Å². The lowest BCUT2D eigenvalue weighted by Crippen LogP contribution is -2.50. The topological polar surface area (TPSA) is 88.7 Å². The molecule has 0 fully saturated rings. The number of nitrogens with one attached hydrogen (secondary N) is 1. The largest absolute Gasteiger partial charge is 0.467 e. The third kappa shape index (κ3) is 3.91. The number of nitrogens with zero attached hydrogens (tertiary/aromatic N) is 1. The predicted octanol–water partition coefficient (Wildman–Crippen LogP) is 2.38. The molecule has 0 saturated carbocycles. The number of para-hydroxylation sites is 1. The van der Waals surface area contributed by atoms with Crippen LogP contribution in [0, 0.1) is 0 Å². The number of amides is 1. The van der Waals surface area contributed by atoms with Crippen molar-refractivity contribution < 1.29 is 23.9 Å². The van der Waals surface area contributed by atoms with Crippen molar-refractivity contribution in [2.75, 3.05) is 13.7 Å².